The van der Waals surface area contributed by atoms with Crippen molar-refractivity contribution in [1.29, 1.82) is 0 Å². The largest absolute Gasteiger partial charge is 0.454 e. The molecule has 0 fully saturated rings. The molecule has 2 heterocycles. The minimum absolute atomic E-state index is 0.00791. The molecule has 116 valence electrons. The molecule has 0 atom stereocenters. The maximum absolute atomic E-state index is 12.2. The Bertz CT molecular complexity index is 693. The number of hydrogen-bond acceptors (Lipinski definition) is 4. The van der Waals surface area contributed by atoms with Gasteiger partial charge in [0.25, 0.3) is 5.91 Å². The van der Waals surface area contributed by atoms with Gasteiger partial charge in [0, 0.05) is 11.4 Å². The molecular weight excluding hydrogens is 298 g/mol. The zero-order valence-corrected chi connectivity index (χ0v) is 13.6. The summed E-state index contributed by atoms with van der Waals surface area (Å²) >= 11 is 1.56. The van der Waals surface area contributed by atoms with Crippen molar-refractivity contribution in [3.63, 3.8) is 0 Å². The lowest BCUT2D eigenvalue weighted by atomic mass is 10.1. The third-order valence-corrected chi connectivity index (χ3v) is 4.85. The molecule has 1 aliphatic heterocycles. The molecule has 5 heteroatoms. The first-order valence-electron chi connectivity index (χ1n) is 7.43. The number of aryl methyl sites for hydroxylation is 2. The predicted molar refractivity (Wildman–Crippen MR) is 87.0 cm³/mol. The number of thiophene rings is 1. The fourth-order valence-electron chi connectivity index (χ4n) is 2.49. The van der Waals surface area contributed by atoms with E-state index in [4.69, 9.17) is 9.47 Å². The summed E-state index contributed by atoms with van der Waals surface area (Å²) in [6.45, 7) is 5.06. The summed E-state index contributed by atoms with van der Waals surface area (Å²) in [7, 11) is 0. The van der Waals surface area contributed by atoms with E-state index in [0.29, 0.717) is 6.54 Å². The van der Waals surface area contributed by atoms with Crippen LogP contribution < -0.4 is 14.8 Å². The molecule has 1 aromatic heterocycles. The van der Waals surface area contributed by atoms with E-state index < -0.39 is 0 Å². The van der Waals surface area contributed by atoms with Crippen LogP contribution in [0.2, 0.25) is 0 Å². The summed E-state index contributed by atoms with van der Waals surface area (Å²) in [6.07, 6.45) is 1.74. The molecule has 3 rings (SSSR count). The van der Waals surface area contributed by atoms with Crippen LogP contribution in [0, 0.1) is 6.92 Å². The monoisotopic (exact) mass is 317 g/mol. The van der Waals surface area contributed by atoms with Crippen molar-refractivity contribution < 1.29 is 14.3 Å². The van der Waals surface area contributed by atoms with Crippen molar-refractivity contribution >= 4 is 17.2 Å². The van der Waals surface area contributed by atoms with Crippen LogP contribution in [0.4, 0.5) is 0 Å². The Balaban J connectivity index is 1.55. The van der Waals surface area contributed by atoms with Crippen LogP contribution in [0.1, 0.15) is 32.6 Å². The van der Waals surface area contributed by atoms with E-state index in [-0.39, 0.29) is 12.7 Å². The third-order valence-electron chi connectivity index (χ3n) is 3.76. The van der Waals surface area contributed by atoms with Crippen molar-refractivity contribution in [3.8, 4) is 11.5 Å². The first-order valence-corrected chi connectivity index (χ1v) is 8.25. The van der Waals surface area contributed by atoms with Gasteiger partial charge in [0.1, 0.15) is 0 Å². The van der Waals surface area contributed by atoms with Gasteiger partial charge in [-0.2, -0.15) is 0 Å². The van der Waals surface area contributed by atoms with Gasteiger partial charge in [-0.15, -0.1) is 11.3 Å². The zero-order valence-electron chi connectivity index (χ0n) is 12.8. The highest BCUT2D eigenvalue weighted by atomic mass is 32.1. The number of hydrogen-bond donors (Lipinski definition) is 1. The first-order chi connectivity index (χ1) is 10.7. The number of ether oxygens (including phenoxy) is 2. The minimum Gasteiger partial charge on any atom is -0.454 e. The van der Waals surface area contributed by atoms with Crippen LogP contribution in [-0.2, 0) is 12.8 Å². The number of carbonyl (C=O) groups is 1. The normalized spacial score (nSPS) is 12.5. The number of nitrogens with one attached hydrogen (secondary N) is 1. The van der Waals surface area contributed by atoms with Crippen molar-refractivity contribution in [2.75, 3.05) is 13.3 Å². The van der Waals surface area contributed by atoms with E-state index in [2.05, 4.69) is 19.2 Å². The molecule has 0 bridgehead atoms. The Morgan fingerprint density at radius 1 is 1.27 bits per heavy atom. The van der Waals surface area contributed by atoms with Crippen molar-refractivity contribution in [3.05, 3.63) is 45.1 Å². The zero-order chi connectivity index (χ0) is 15.5. The van der Waals surface area contributed by atoms with Gasteiger partial charge in [-0.3, -0.25) is 4.79 Å². The van der Waals surface area contributed by atoms with Gasteiger partial charge >= 0.3 is 0 Å². The van der Waals surface area contributed by atoms with Crippen LogP contribution in [0.25, 0.3) is 0 Å². The lowest BCUT2D eigenvalue weighted by molar-refractivity contribution is 0.0958. The second-order valence-corrected chi connectivity index (χ2v) is 6.50. The molecule has 22 heavy (non-hydrogen) atoms. The summed E-state index contributed by atoms with van der Waals surface area (Å²) in [4.78, 5) is 14.2. The molecular formula is C17H19NO3S. The molecule has 1 N–H and O–H groups in total. The molecule has 1 aromatic carbocycles. The molecule has 0 aliphatic carbocycles. The quantitative estimate of drug-likeness (QED) is 0.920. The molecule has 2 aromatic rings. The van der Waals surface area contributed by atoms with Gasteiger partial charge in [-0.05, 0) is 49.1 Å². The second-order valence-electron chi connectivity index (χ2n) is 5.24. The summed E-state index contributed by atoms with van der Waals surface area (Å²) in [6, 6.07) is 7.88. The average Bonchev–Trinajstić information content (AvgIpc) is 3.12. The van der Waals surface area contributed by atoms with Crippen LogP contribution in [0.3, 0.4) is 0 Å². The Morgan fingerprint density at radius 3 is 2.86 bits per heavy atom. The summed E-state index contributed by atoms with van der Waals surface area (Å²) < 4.78 is 10.6. The van der Waals surface area contributed by atoms with Crippen LogP contribution in [0.5, 0.6) is 11.5 Å². The number of benzene rings is 1. The number of rotatable bonds is 5. The molecule has 0 radical (unpaired) electrons. The summed E-state index contributed by atoms with van der Waals surface area (Å²) in [5.41, 5.74) is 2.38. The van der Waals surface area contributed by atoms with E-state index in [1.165, 1.54) is 10.4 Å². The fourth-order valence-corrected chi connectivity index (χ4v) is 3.52. The molecule has 0 spiro atoms. The Morgan fingerprint density at radius 2 is 2.09 bits per heavy atom. The predicted octanol–water partition coefficient (Wildman–Crippen LogP) is 3.32. The average molecular weight is 317 g/mol. The van der Waals surface area contributed by atoms with Gasteiger partial charge in [-0.25, -0.2) is 0 Å². The van der Waals surface area contributed by atoms with E-state index in [1.807, 2.05) is 24.3 Å². The van der Waals surface area contributed by atoms with Crippen molar-refractivity contribution in [2.45, 2.75) is 26.7 Å². The SMILES string of the molecule is CCc1cc(C(=O)NCCc2ccc3c(c2)OCO3)sc1C. The number of carbonyl (C=O) groups excluding carboxylic acids is 1. The van der Waals surface area contributed by atoms with Gasteiger partial charge in [0.05, 0.1) is 4.88 Å². The number of fused-ring (bicyclic) bond motifs is 1. The summed E-state index contributed by atoms with van der Waals surface area (Å²) in [5, 5.41) is 2.98. The molecule has 4 nitrogen and oxygen atoms in total. The highest BCUT2D eigenvalue weighted by molar-refractivity contribution is 7.14. The minimum atomic E-state index is 0.00791. The smallest absolute Gasteiger partial charge is 0.261 e. The molecule has 0 saturated carbocycles. The number of amides is 1. The van der Waals surface area contributed by atoms with E-state index in [9.17, 15) is 4.79 Å². The second kappa shape index (κ2) is 6.40. The molecule has 0 unspecified atom stereocenters. The van der Waals surface area contributed by atoms with Gasteiger partial charge in [-0.1, -0.05) is 13.0 Å². The highest BCUT2D eigenvalue weighted by Gasteiger charge is 2.14. The van der Waals surface area contributed by atoms with Crippen LogP contribution >= 0.6 is 11.3 Å². The molecule has 0 saturated heterocycles. The van der Waals surface area contributed by atoms with Gasteiger partial charge in [0.2, 0.25) is 6.79 Å². The van der Waals surface area contributed by atoms with E-state index in [1.54, 1.807) is 11.3 Å². The van der Waals surface area contributed by atoms with E-state index in [0.717, 1.165) is 34.8 Å². The van der Waals surface area contributed by atoms with Gasteiger partial charge < -0.3 is 14.8 Å². The standard InChI is InChI=1S/C17H19NO3S/c1-3-13-9-16(22-11(13)2)17(19)18-7-6-12-4-5-14-15(8-12)21-10-20-14/h4-5,8-9H,3,6-7,10H2,1-2H3,(H,18,19). The van der Waals surface area contributed by atoms with Crippen LogP contribution in [-0.4, -0.2) is 19.2 Å². The molecule has 1 aliphatic rings. The lowest BCUT2D eigenvalue weighted by Gasteiger charge is -2.05. The van der Waals surface area contributed by atoms with Crippen molar-refractivity contribution in [2.24, 2.45) is 0 Å². The first kappa shape index (κ1) is 14.9. The Labute approximate surface area is 134 Å². The maximum atomic E-state index is 12.2. The van der Waals surface area contributed by atoms with Crippen LogP contribution in [0.15, 0.2) is 24.3 Å². The lowest BCUT2D eigenvalue weighted by Crippen LogP contribution is -2.24. The van der Waals surface area contributed by atoms with E-state index >= 15 is 0 Å². The topological polar surface area (TPSA) is 47.6 Å². The Hall–Kier alpha value is -2.01. The summed E-state index contributed by atoms with van der Waals surface area (Å²) in [5.74, 6) is 1.58. The Kier molecular flexibility index (Phi) is 4.34. The third kappa shape index (κ3) is 3.09. The highest BCUT2D eigenvalue weighted by Crippen LogP contribution is 2.32. The van der Waals surface area contributed by atoms with Gasteiger partial charge in [0.15, 0.2) is 11.5 Å². The fraction of sp³-hybridized carbons (Fsp3) is 0.353. The van der Waals surface area contributed by atoms with Crippen molar-refractivity contribution in [1.82, 2.24) is 5.32 Å². The maximum Gasteiger partial charge on any atom is 0.261 e. The molecule has 1 amide bonds.